The SMILES string of the molecule is Cn1c(CCN2CCCC2)nc2cc(C(=O)O)ccc21. The van der Waals surface area contributed by atoms with Crippen molar-refractivity contribution in [1.29, 1.82) is 0 Å². The van der Waals surface area contributed by atoms with Crippen molar-refractivity contribution < 1.29 is 9.90 Å². The lowest BCUT2D eigenvalue weighted by molar-refractivity contribution is 0.0697. The molecule has 106 valence electrons. The van der Waals surface area contributed by atoms with Gasteiger partial charge in [0.1, 0.15) is 5.82 Å². The van der Waals surface area contributed by atoms with Crippen LogP contribution in [0.1, 0.15) is 29.0 Å². The molecule has 0 atom stereocenters. The van der Waals surface area contributed by atoms with Crippen LogP contribution >= 0.6 is 0 Å². The van der Waals surface area contributed by atoms with E-state index in [0.717, 1.165) is 29.8 Å². The molecule has 0 spiro atoms. The average molecular weight is 273 g/mol. The van der Waals surface area contributed by atoms with E-state index in [-0.39, 0.29) is 0 Å². The number of aryl methyl sites for hydroxylation is 1. The molecule has 1 aliphatic rings. The summed E-state index contributed by atoms with van der Waals surface area (Å²) in [6.45, 7) is 3.41. The number of carbonyl (C=O) groups is 1. The van der Waals surface area contributed by atoms with Gasteiger partial charge in [-0.1, -0.05) is 0 Å². The van der Waals surface area contributed by atoms with E-state index in [1.54, 1.807) is 12.1 Å². The number of hydrogen-bond acceptors (Lipinski definition) is 3. The summed E-state index contributed by atoms with van der Waals surface area (Å²) in [5.74, 6) is 0.116. The van der Waals surface area contributed by atoms with Crippen LogP contribution < -0.4 is 0 Å². The number of aromatic carboxylic acids is 1. The fourth-order valence-electron chi connectivity index (χ4n) is 2.87. The van der Waals surface area contributed by atoms with Gasteiger partial charge < -0.3 is 14.6 Å². The van der Waals surface area contributed by atoms with Crippen LogP contribution in [-0.4, -0.2) is 45.2 Å². The topological polar surface area (TPSA) is 58.4 Å². The van der Waals surface area contributed by atoms with Crippen LogP contribution in [0, 0.1) is 0 Å². The highest BCUT2D eigenvalue weighted by Crippen LogP contribution is 2.18. The second kappa shape index (κ2) is 5.25. The summed E-state index contributed by atoms with van der Waals surface area (Å²) in [5.41, 5.74) is 2.05. The number of nitrogens with zero attached hydrogens (tertiary/aromatic N) is 3. The maximum absolute atomic E-state index is 11.0. The molecule has 5 nitrogen and oxygen atoms in total. The Morgan fingerprint density at radius 3 is 2.80 bits per heavy atom. The molecular weight excluding hydrogens is 254 g/mol. The molecule has 0 radical (unpaired) electrons. The summed E-state index contributed by atoms with van der Waals surface area (Å²) in [6.07, 6.45) is 3.50. The predicted octanol–water partition coefficient (Wildman–Crippen LogP) is 1.91. The maximum Gasteiger partial charge on any atom is 0.335 e. The predicted molar refractivity (Wildman–Crippen MR) is 77.1 cm³/mol. The first-order valence-electron chi connectivity index (χ1n) is 7.06. The Morgan fingerprint density at radius 2 is 2.10 bits per heavy atom. The number of rotatable bonds is 4. The lowest BCUT2D eigenvalue weighted by Gasteiger charge is -2.13. The zero-order valence-electron chi connectivity index (χ0n) is 11.7. The van der Waals surface area contributed by atoms with Crippen molar-refractivity contribution in [2.24, 2.45) is 7.05 Å². The smallest absolute Gasteiger partial charge is 0.335 e. The second-order valence-corrected chi connectivity index (χ2v) is 5.39. The number of likely N-dealkylation sites (tertiary alicyclic amines) is 1. The van der Waals surface area contributed by atoms with Crippen molar-refractivity contribution >= 4 is 17.0 Å². The molecule has 1 aliphatic heterocycles. The van der Waals surface area contributed by atoms with E-state index < -0.39 is 5.97 Å². The van der Waals surface area contributed by atoms with Crippen LogP contribution in [0.15, 0.2) is 18.2 Å². The van der Waals surface area contributed by atoms with Crippen LogP contribution in [0.4, 0.5) is 0 Å². The summed E-state index contributed by atoms with van der Waals surface area (Å²) in [7, 11) is 2.00. The zero-order chi connectivity index (χ0) is 14.1. The summed E-state index contributed by atoms with van der Waals surface area (Å²) in [6, 6.07) is 5.12. The van der Waals surface area contributed by atoms with Gasteiger partial charge in [0.25, 0.3) is 0 Å². The van der Waals surface area contributed by atoms with E-state index in [1.165, 1.54) is 25.9 Å². The van der Waals surface area contributed by atoms with Gasteiger partial charge in [-0.15, -0.1) is 0 Å². The van der Waals surface area contributed by atoms with Crippen LogP contribution in [0.5, 0.6) is 0 Å². The van der Waals surface area contributed by atoms with Crippen LogP contribution in [-0.2, 0) is 13.5 Å². The number of hydrogen-bond donors (Lipinski definition) is 1. The van der Waals surface area contributed by atoms with Gasteiger partial charge in [0.05, 0.1) is 16.6 Å². The molecule has 0 aliphatic carbocycles. The van der Waals surface area contributed by atoms with Gasteiger partial charge >= 0.3 is 5.97 Å². The molecule has 1 N–H and O–H groups in total. The summed E-state index contributed by atoms with van der Waals surface area (Å²) < 4.78 is 2.07. The van der Waals surface area contributed by atoms with E-state index in [4.69, 9.17) is 5.11 Å². The minimum atomic E-state index is -0.906. The van der Waals surface area contributed by atoms with E-state index in [2.05, 4.69) is 14.5 Å². The van der Waals surface area contributed by atoms with Gasteiger partial charge in [0.15, 0.2) is 0 Å². The van der Waals surface area contributed by atoms with Crippen molar-refractivity contribution in [1.82, 2.24) is 14.5 Å². The van der Waals surface area contributed by atoms with E-state index in [9.17, 15) is 4.79 Å². The molecule has 2 heterocycles. The minimum Gasteiger partial charge on any atom is -0.478 e. The van der Waals surface area contributed by atoms with Gasteiger partial charge in [0.2, 0.25) is 0 Å². The monoisotopic (exact) mass is 273 g/mol. The lowest BCUT2D eigenvalue weighted by Crippen LogP contribution is -2.22. The molecule has 1 aromatic heterocycles. The Balaban J connectivity index is 1.83. The molecule has 1 fully saturated rings. The molecular formula is C15H19N3O2. The molecule has 0 unspecified atom stereocenters. The lowest BCUT2D eigenvalue weighted by atomic mass is 10.2. The summed E-state index contributed by atoms with van der Waals surface area (Å²) >= 11 is 0. The third-order valence-corrected chi connectivity index (χ3v) is 4.07. The van der Waals surface area contributed by atoms with Crippen molar-refractivity contribution in [3.8, 4) is 0 Å². The molecule has 5 heteroatoms. The molecule has 20 heavy (non-hydrogen) atoms. The number of benzene rings is 1. The number of fused-ring (bicyclic) bond motifs is 1. The highest BCUT2D eigenvalue weighted by Gasteiger charge is 2.14. The number of imidazole rings is 1. The molecule has 1 saturated heterocycles. The standard InChI is InChI=1S/C15H19N3O2/c1-17-13-5-4-11(15(19)20)10-12(13)16-14(17)6-9-18-7-2-3-8-18/h4-5,10H,2-3,6-9H2,1H3,(H,19,20). The Hall–Kier alpha value is -1.88. The quantitative estimate of drug-likeness (QED) is 0.924. The molecule has 3 rings (SSSR count). The number of aromatic nitrogens is 2. The highest BCUT2D eigenvalue weighted by molar-refractivity contribution is 5.92. The number of carboxylic acid groups (broad SMARTS) is 1. The Labute approximate surface area is 117 Å². The van der Waals surface area contributed by atoms with Gasteiger partial charge in [0, 0.05) is 20.0 Å². The molecule has 0 amide bonds. The Morgan fingerprint density at radius 1 is 1.35 bits per heavy atom. The average Bonchev–Trinajstić information content (AvgIpc) is 3.04. The fraction of sp³-hybridized carbons (Fsp3) is 0.467. The molecule has 0 bridgehead atoms. The van der Waals surface area contributed by atoms with Crippen LogP contribution in [0.25, 0.3) is 11.0 Å². The first kappa shape index (κ1) is 13.1. The number of carboxylic acids is 1. The third kappa shape index (κ3) is 2.41. The fourth-order valence-corrected chi connectivity index (χ4v) is 2.87. The van der Waals surface area contributed by atoms with Gasteiger partial charge in [-0.25, -0.2) is 9.78 Å². The van der Waals surface area contributed by atoms with E-state index in [0.29, 0.717) is 5.56 Å². The zero-order valence-corrected chi connectivity index (χ0v) is 11.7. The van der Waals surface area contributed by atoms with Crippen molar-refractivity contribution in [2.45, 2.75) is 19.3 Å². The Bertz CT molecular complexity index is 642. The molecule has 0 saturated carbocycles. The van der Waals surface area contributed by atoms with E-state index >= 15 is 0 Å². The third-order valence-electron chi connectivity index (χ3n) is 4.07. The largest absolute Gasteiger partial charge is 0.478 e. The van der Waals surface area contributed by atoms with E-state index in [1.807, 2.05) is 13.1 Å². The first-order chi connectivity index (χ1) is 9.65. The summed E-state index contributed by atoms with van der Waals surface area (Å²) in [4.78, 5) is 18.0. The maximum atomic E-state index is 11.0. The minimum absolute atomic E-state index is 0.293. The van der Waals surface area contributed by atoms with Crippen molar-refractivity contribution in [2.75, 3.05) is 19.6 Å². The second-order valence-electron chi connectivity index (χ2n) is 5.39. The van der Waals surface area contributed by atoms with Crippen molar-refractivity contribution in [3.05, 3.63) is 29.6 Å². The Kier molecular flexibility index (Phi) is 3.44. The normalized spacial score (nSPS) is 16.1. The van der Waals surface area contributed by atoms with Crippen LogP contribution in [0.2, 0.25) is 0 Å². The first-order valence-corrected chi connectivity index (χ1v) is 7.06. The summed E-state index contributed by atoms with van der Waals surface area (Å²) in [5, 5.41) is 9.03. The van der Waals surface area contributed by atoms with Crippen LogP contribution in [0.3, 0.4) is 0 Å². The van der Waals surface area contributed by atoms with Gasteiger partial charge in [-0.3, -0.25) is 0 Å². The molecule has 1 aromatic carbocycles. The van der Waals surface area contributed by atoms with Gasteiger partial charge in [-0.2, -0.15) is 0 Å². The molecule has 2 aromatic rings. The van der Waals surface area contributed by atoms with Crippen molar-refractivity contribution in [3.63, 3.8) is 0 Å². The van der Waals surface area contributed by atoms with Gasteiger partial charge in [-0.05, 0) is 44.1 Å². The highest BCUT2D eigenvalue weighted by atomic mass is 16.4.